The molecule has 2 saturated heterocycles. The molecule has 29 heavy (non-hydrogen) atoms. The maximum absolute atomic E-state index is 12.4. The number of unbranched alkanes of at least 4 members (excludes halogenated alkanes) is 1. The lowest BCUT2D eigenvalue weighted by atomic mass is 10.1. The number of nitrogens with zero attached hydrogens (tertiary/aromatic N) is 2. The number of carbonyl (C=O) groups is 2. The highest BCUT2D eigenvalue weighted by Gasteiger charge is 2.30. The molecule has 2 aliphatic heterocycles. The van der Waals surface area contributed by atoms with Crippen LogP contribution in [-0.2, 0) is 9.59 Å². The SMILES string of the molecule is NC1CCN(CCCCOc2c3ccccc3cn2C2CCC(=O)NC2=O)CC1. The van der Waals surface area contributed by atoms with Crippen LogP contribution in [0.2, 0.25) is 0 Å². The number of nitrogens with one attached hydrogen (secondary N) is 1. The van der Waals surface area contributed by atoms with Crippen molar-refractivity contribution < 1.29 is 14.3 Å². The molecule has 0 spiro atoms. The smallest absolute Gasteiger partial charge is 0.249 e. The number of likely N-dealkylation sites (tertiary alicyclic amines) is 1. The number of rotatable bonds is 7. The molecule has 3 heterocycles. The zero-order chi connectivity index (χ0) is 20.2. The van der Waals surface area contributed by atoms with Gasteiger partial charge in [0.2, 0.25) is 17.7 Å². The molecule has 2 fully saturated rings. The van der Waals surface area contributed by atoms with Crippen molar-refractivity contribution in [3.63, 3.8) is 0 Å². The van der Waals surface area contributed by atoms with Crippen molar-refractivity contribution in [1.29, 1.82) is 0 Å². The first-order valence-corrected chi connectivity index (χ1v) is 10.7. The first-order valence-electron chi connectivity index (χ1n) is 10.7. The number of nitrogens with two attached hydrogens (primary N) is 1. The number of hydrogen-bond donors (Lipinski definition) is 2. The summed E-state index contributed by atoms with van der Waals surface area (Å²) in [4.78, 5) is 26.4. The van der Waals surface area contributed by atoms with Crippen LogP contribution in [0.5, 0.6) is 5.88 Å². The van der Waals surface area contributed by atoms with Crippen LogP contribution < -0.4 is 15.8 Å². The van der Waals surface area contributed by atoms with Gasteiger partial charge in [0.25, 0.3) is 0 Å². The number of imide groups is 1. The Hall–Kier alpha value is -2.38. The third-order valence-electron chi connectivity index (χ3n) is 5.99. The van der Waals surface area contributed by atoms with Crippen molar-refractivity contribution in [2.24, 2.45) is 5.73 Å². The van der Waals surface area contributed by atoms with E-state index in [1.165, 1.54) is 0 Å². The fraction of sp³-hybridized carbons (Fsp3) is 0.545. The molecule has 2 amide bonds. The average molecular weight is 399 g/mol. The summed E-state index contributed by atoms with van der Waals surface area (Å²) in [5.41, 5.74) is 5.97. The molecule has 1 unspecified atom stereocenters. The van der Waals surface area contributed by atoms with E-state index in [1.54, 1.807) is 0 Å². The van der Waals surface area contributed by atoms with Crippen LogP contribution >= 0.6 is 0 Å². The van der Waals surface area contributed by atoms with Crippen LogP contribution in [0.1, 0.15) is 44.6 Å². The van der Waals surface area contributed by atoms with Gasteiger partial charge in [0, 0.05) is 29.4 Å². The maximum atomic E-state index is 12.4. The van der Waals surface area contributed by atoms with Crippen molar-refractivity contribution in [2.75, 3.05) is 26.2 Å². The molecule has 2 aliphatic rings. The summed E-state index contributed by atoms with van der Waals surface area (Å²) in [6.07, 6.45) is 7.01. The lowest BCUT2D eigenvalue weighted by Gasteiger charge is -2.29. The molecule has 0 bridgehead atoms. The van der Waals surface area contributed by atoms with E-state index in [0.717, 1.165) is 62.0 Å². The Morgan fingerprint density at radius 1 is 1.10 bits per heavy atom. The molecule has 0 saturated carbocycles. The van der Waals surface area contributed by atoms with Gasteiger partial charge in [-0.05, 0) is 57.8 Å². The molecule has 1 aromatic carbocycles. The van der Waals surface area contributed by atoms with Gasteiger partial charge in [0.05, 0.1) is 6.61 Å². The summed E-state index contributed by atoms with van der Waals surface area (Å²) in [5, 5.41) is 4.49. The minimum absolute atomic E-state index is 0.205. The van der Waals surface area contributed by atoms with Crippen LogP contribution in [0.15, 0.2) is 30.5 Å². The minimum Gasteiger partial charge on any atom is -0.478 e. The van der Waals surface area contributed by atoms with E-state index in [2.05, 4.69) is 10.2 Å². The van der Waals surface area contributed by atoms with Crippen molar-refractivity contribution in [1.82, 2.24) is 14.8 Å². The Morgan fingerprint density at radius 2 is 1.90 bits per heavy atom. The van der Waals surface area contributed by atoms with Crippen LogP contribution in [-0.4, -0.2) is 53.6 Å². The zero-order valence-corrected chi connectivity index (χ0v) is 16.8. The van der Waals surface area contributed by atoms with E-state index < -0.39 is 6.04 Å². The molecule has 1 aromatic heterocycles. The number of carbonyl (C=O) groups excluding carboxylic acids is 2. The van der Waals surface area contributed by atoms with E-state index in [1.807, 2.05) is 35.0 Å². The van der Waals surface area contributed by atoms with Crippen LogP contribution in [0, 0.1) is 0 Å². The van der Waals surface area contributed by atoms with Gasteiger partial charge in [0.15, 0.2) is 0 Å². The highest BCUT2D eigenvalue weighted by atomic mass is 16.5. The maximum Gasteiger partial charge on any atom is 0.249 e. The summed E-state index contributed by atoms with van der Waals surface area (Å²) in [5.74, 6) is 0.262. The van der Waals surface area contributed by atoms with Gasteiger partial charge in [-0.3, -0.25) is 14.9 Å². The van der Waals surface area contributed by atoms with Crippen molar-refractivity contribution in [3.05, 3.63) is 30.5 Å². The molecule has 156 valence electrons. The highest BCUT2D eigenvalue weighted by molar-refractivity contribution is 6.00. The first-order chi connectivity index (χ1) is 14.1. The average Bonchev–Trinajstić information content (AvgIpc) is 3.07. The van der Waals surface area contributed by atoms with Crippen LogP contribution in [0.3, 0.4) is 0 Å². The van der Waals surface area contributed by atoms with Crippen molar-refractivity contribution >= 4 is 22.6 Å². The van der Waals surface area contributed by atoms with E-state index in [-0.39, 0.29) is 11.8 Å². The molecule has 0 aliphatic carbocycles. The number of piperidine rings is 2. The van der Waals surface area contributed by atoms with E-state index in [9.17, 15) is 9.59 Å². The second-order valence-electron chi connectivity index (χ2n) is 8.13. The van der Waals surface area contributed by atoms with Gasteiger partial charge in [0.1, 0.15) is 6.04 Å². The second kappa shape index (κ2) is 8.97. The summed E-state index contributed by atoms with van der Waals surface area (Å²) in [6.45, 7) is 3.86. The molecular weight excluding hydrogens is 368 g/mol. The van der Waals surface area contributed by atoms with E-state index in [0.29, 0.717) is 25.5 Å². The zero-order valence-electron chi connectivity index (χ0n) is 16.8. The normalized spacial score (nSPS) is 21.5. The third kappa shape index (κ3) is 4.62. The van der Waals surface area contributed by atoms with Crippen molar-refractivity contribution in [2.45, 2.75) is 50.6 Å². The number of ether oxygens (including phenoxy) is 1. The Bertz CT molecular complexity index is 870. The standard InChI is InChI=1S/C22H30N4O3/c23-17-9-12-25(13-10-17)11-3-4-14-29-22-18-6-2-1-5-16(18)15-26(22)19-7-8-20(27)24-21(19)28/h1-2,5-6,15,17,19H,3-4,7-14,23H2,(H,24,27,28). The minimum atomic E-state index is -0.410. The lowest BCUT2D eigenvalue weighted by molar-refractivity contribution is -0.135. The largest absolute Gasteiger partial charge is 0.478 e. The van der Waals surface area contributed by atoms with Gasteiger partial charge in [-0.1, -0.05) is 18.2 Å². The van der Waals surface area contributed by atoms with Gasteiger partial charge in [-0.15, -0.1) is 0 Å². The van der Waals surface area contributed by atoms with Gasteiger partial charge in [-0.2, -0.15) is 0 Å². The number of amides is 2. The van der Waals surface area contributed by atoms with E-state index in [4.69, 9.17) is 10.5 Å². The number of hydrogen-bond acceptors (Lipinski definition) is 5. The molecule has 1 atom stereocenters. The Labute approximate surface area is 171 Å². The second-order valence-corrected chi connectivity index (χ2v) is 8.13. The van der Waals surface area contributed by atoms with Crippen molar-refractivity contribution in [3.8, 4) is 5.88 Å². The third-order valence-corrected chi connectivity index (χ3v) is 5.99. The predicted octanol–water partition coefficient (Wildman–Crippen LogP) is 2.20. The molecule has 7 heteroatoms. The van der Waals surface area contributed by atoms with Gasteiger partial charge in [-0.25, -0.2) is 0 Å². The molecule has 4 rings (SSSR count). The number of aromatic nitrogens is 1. The molecular formula is C22H30N4O3. The van der Waals surface area contributed by atoms with Crippen LogP contribution in [0.4, 0.5) is 0 Å². The Balaban J connectivity index is 1.38. The quantitative estimate of drug-likeness (QED) is 0.551. The van der Waals surface area contributed by atoms with E-state index >= 15 is 0 Å². The molecule has 7 nitrogen and oxygen atoms in total. The highest BCUT2D eigenvalue weighted by Crippen LogP contribution is 2.33. The van der Waals surface area contributed by atoms with Gasteiger partial charge >= 0.3 is 0 Å². The summed E-state index contributed by atoms with van der Waals surface area (Å²) >= 11 is 0. The summed E-state index contributed by atoms with van der Waals surface area (Å²) < 4.78 is 8.09. The van der Waals surface area contributed by atoms with Crippen LogP contribution in [0.25, 0.3) is 10.8 Å². The number of fused-ring (bicyclic) bond motifs is 1. The fourth-order valence-electron chi connectivity index (χ4n) is 4.27. The first kappa shape index (κ1) is 19.9. The van der Waals surface area contributed by atoms with Gasteiger partial charge < -0.3 is 19.9 Å². The molecule has 3 N–H and O–H groups in total. The predicted molar refractivity (Wildman–Crippen MR) is 112 cm³/mol. The monoisotopic (exact) mass is 398 g/mol. The molecule has 2 aromatic rings. The summed E-state index contributed by atoms with van der Waals surface area (Å²) in [6, 6.07) is 7.95. The molecule has 0 radical (unpaired) electrons. The fourth-order valence-corrected chi connectivity index (χ4v) is 4.27. The Morgan fingerprint density at radius 3 is 2.69 bits per heavy atom. The number of benzene rings is 1. The summed E-state index contributed by atoms with van der Waals surface area (Å²) in [7, 11) is 0. The Kier molecular flexibility index (Phi) is 6.16. The lowest BCUT2D eigenvalue weighted by Crippen LogP contribution is -2.41. The topological polar surface area (TPSA) is 89.6 Å².